The molecule has 0 atom stereocenters. The minimum atomic E-state index is -4.05. The van der Waals surface area contributed by atoms with E-state index in [1.165, 1.54) is 0 Å². The number of carbonyl (C=O) groups excluding carboxylic acids is 1. The van der Waals surface area contributed by atoms with Gasteiger partial charge in [-0.25, -0.2) is 13.2 Å². The smallest absolute Gasteiger partial charge is 0.371 e. The fourth-order valence-electron chi connectivity index (χ4n) is 1.19. The normalized spacial score (nSPS) is 11.6. The van der Waals surface area contributed by atoms with Crippen LogP contribution in [0.5, 0.6) is 0 Å². The molecule has 0 bridgehead atoms. The zero-order valence-electron chi connectivity index (χ0n) is 11.0. The quantitative estimate of drug-likeness (QED) is 0.652. The summed E-state index contributed by atoms with van der Waals surface area (Å²) in [4.78, 5) is 22.0. The summed E-state index contributed by atoms with van der Waals surface area (Å²) in [6.45, 7) is 3.80. The first-order chi connectivity index (χ1) is 9.22. The fourth-order valence-corrected chi connectivity index (χ4v) is 2.10. The summed E-state index contributed by atoms with van der Waals surface area (Å²) in [5.41, 5.74) is 0. The van der Waals surface area contributed by atoms with Crippen molar-refractivity contribution in [3.8, 4) is 0 Å². The van der Waals surface area contributed by atoms with Crippen LogP contribution in [0.1, 0.15) is 24.4 Å². The third-order valence-electron chi connectivity index (χ3n) is 2.19. The van der Waals surface area contributed by atoms with Crippen molar-refractivity contribution in [3.05, 3.63) is 17.9 Å². The van der Waals surface area contributed by atoms with Crippen LogP contribution in [0.25, 0.3) is 0 Å². The predicted molar refractivity (Wildman–Crippen MR) is 68.7 cm³/mol. The van der Waals surface area contributed by atoms with Gasteiger partial charge in [-0.1, -0.05) is 13.8 Å². The third-order valence-corrected chi connectivity index (χ3v) is 3.46. The third kappa shape index (κ3) is 4.67. The van der Waals surface area contributed by atoms with Crippen LogP contribution in [0.15, 0.2) is 21.6 Å². The van der Waals surface area contributed by atoms with Crippen molar-refractivity contribution in [2.24, 2.45) is 5.92 Å². The molecule has 0 saturated carbocycles. The van der Waals surface area contributed by atoms with E-state index in [1.54, 1.807) is 0 Å². The van der Waals surface area contributed by atoms with Crippen molar-refractivity contribution in [1.29, 1.82) is 0 Å². The van der Waals surface area contributed by atoms with Crippen molar-refractivity contribution in [2.75, 3.05) is 13.1 Å². The van der Waals surface area contributed by atoms with Crippen LogP contribution in [-0.4, -0.2) is 38.5 Å². The van der Waals surface area contributed by atoms with Crippen molar-refractivity contribution >= 4 is 21.9 Å². The average Bonchev–Trinajstić information content (AvgIpc) is 2.84. The monoisotopic (exact) mass is 304 g/mol. The highest BCUT2D eigenvalue weighted by Crippen LogP contribution is 2.13. The maximum absolute atomic E-state index is 11.7. The summed E-state index contributed by atoms with van der Waals surface area (Å²) in [6, 6.07) is 2.04. The number of carboxylic acids is 1. The summed E-state index contributed by atoms with van der Waals surface area (Å²) < 4.78 is 30.1. The Morgan fingerprint density at radius 2 is 2.00 bits per heavy atom. The van der Waals surface area contributed by atoms with E-state index < -0.39 is 39.3 Å². The van der Waals surface area contributed by atoms with Gasteiger partial charge in [-0.15, -0.1) is 0 Å². The Bertz CT molecular complexity index is 590. The van der Waals surface area contributed by atoms with Crippen LogP contribution in [0.4, 0.5) is 0 Å². The van der Waals surface area contributed by atoms with E-state index in [9.17, 15) is 18.0 Å². The largest absolute Gasteiger partial charge is 0.475 e. The van der Waals surface area contributed by atoms with E-state index in [2.05, 4.69) is 9.73 Å². The zero-order valence-corrected chi connectivity index (χ0v) is 11.9. The molecular weight excluding hydrogens is 288 g/mol. The second kappa shape index (κ2) is 6.53. The molecule has 3 N–H and O–H groups in total. The number of rotatable bonds is 7. The standard InChI is InChI=1S/C11H16N2O6S/c1-7(2)5-12-9(14)6-13-20(17,18)10-4-3-8(19-10)11(15)16/h3-4,7,13H,5-6H2,1-2H3,(H,12,14)(H,15,16). The first-order valence-electron chi connectivity index (χ1n) is 5.82. The molecule has 1 aromatic heterocycles. The minimum absolute atomic E-state index is 0.249. The summed E-state index contributed by atoms with van der Waals surface area (Å²) >= 11 is 0. The van der Waals surface area contributed by atoms with Gasteiger partial charge in [-0.3, -0.25) is 4.79 Å². The lowest BCUT2D eigenvalue weighted by molar-refractivity contribution is -0.120. The van der Waals surface area contributed by atoms with Gasteiger partial charge >= 0.3 is 5.97 Å². The molecule has 8 nitrogen and oxygen atoms in total. The summed E-state index contributed by atoms with van der Waals surface area (Å²) in [7, 11) is -4.05. The van der Waals surface area contributed by atoms with Gasteiger partial charge in [0.05, 0.1) is 6.54 Å². The highest BCUT2D eigenvalue weighted by Gasteiger charge is 2.21. The maximum atomic E-state index is 11.7. The summed E-state index contributed by atoms with van der Waals surface area (Å²) in [6.07, 6.45) is 0. The van der Waals surface area contributed by atoms with E-state index in [4.69, 9.17) is 5.11 Å². The highest BCUT2D eigenvalue weighted by molar-refractivity contribution is 7.89. The van der Waals surface area contributed by atoms with Crippen LogP contribution in [-0.2, 0) is 14.8 Å². The Labute approximate surface area is 116 Å². The van der Waals surface area contributed by atoms with Crippen LogP contribution >= 0.6 is 0 Å². The predicted octanol–water partition coefficient (Wildman–Crippen LogP) is 0.0283. The molecule has 20 heavy (non-hydrogen) atoms. The second-order valence-electron chi connectivity index (χ2n) is 4.45. The number of furan rings is 1. The lowest BCUT2D eigenvalue weighted by Crippen LogP contribution is -2.38. The van der Waals surface area contributed by atoms with Crippen molar-refractivity contribution in [1.82, 2.24) is 10.0 Å². The Hall–Kier alpha value is -1.87. The molecule has 112 valence electrons. The molecule has 1 amide bonds. The highest BCUT2D eigenvalue weighted by atomic mass is 32.2. The van der Waals surface area contributed by atoms with Crippen LogP contribution in [0.3, 0.4) is 0 Å². The molecule has 0 aromatic carbocycles. The number of amides is 1. The van der Waals surface area contributed by atoms with Crippen LogP contribution in [0, 0.1) is 5.92 Å². The summed E-state index contributed by atoms with van der Waals surface area (Å²) in [5.74, 6) is -2.10. The molecule has 0 aliphatic rings. The number of carbonyl (C=O) groups is 2. The molecule has 1 heterocycles. The first kappa shape index (κ1) is 16.2. The van der Waals surface area contributed by atoms with E-state index in [1.807, 2.05) is 18.6 Å². The van der Waals surface area contributed by atoms with Gasteiger partial charge in [-0.2, -0.15) is 4.72 Å². The Kier molecular flexibility index (Phi) is 5.28. The lowest BCUT2D eigenvalue weighted by atomic mass is 10.2. The summed E-state index contributed by atoms with van der Waals surface area (Å²) in [5, 5.41) is 10.6. The number of aromatic carboxylic acids is 1. The molecule has 0 spiro atoms. The van der Waals surface area contributed by atoms with Crippen molar-refractivity contribution in [2.45, 2.75) is 18.9 Å². The number of carboxylic acid groups (broad SMARTS) is 1. The van der Waals surface area contributed by atoms with Gasteiger partial charge in [0.25, 0.3) is 10.0 Å². The number of hydrogen-bond donors (Lipinski definition) is 3. The molecule has 0 radical (unpaired) electrons. The zero-order chi connectivity index (χ0) is 15.3. The number of nitrogens with one attached hydrogen (secondary N) is 2. The molecule has 0 fully saturated rings. The molecule has 0 unspecified atom stereocenters. The second-order valence-corrected chi connectivity index (χ2v) is 6.14. The van der Waals surface area contributed by atoms with Crippen molar-refractivity contribution in [3.63, 3.8) is 0 Å². The molecular formula is C11H16N2O6S. The molecule has 0 saturated heterocycles. The Morgan fingerprint density at radius 1 is 1.35 bits per heavy atom. The van der Waals surface area contributed by atoms with Gasteiger partial charge in [0.2, 0.25) is 16.8 Å². The first-order valence-corrected chi connectivity index (χ1v) is 7.30. The van der Waals surface area contributed by atoms with Gasteiger partial charge in [-0.05, 0) is 18.1 Å². The topological polar surface area (TPSA) is 126 Å². The average molecular weight is 304 g/mol. The van der Waals surface area contributed by atoms with E-state index >= 15 is 0 Å². The van der Waals surface area contributed by atoms with Gasteiger partial charge < -0.3 is 14.8 Å². The van der Waals surface area contributed by atoms with E-state index in [0.717, 1.165) is 12.1 Å². The Morgan fingerprint density at radius 3 is 2.50 bits per heavy atom. The van der Waals surface area contributed by atoms with Gasteiger partial charge in [0.1, 0.15) is 0 Å². The lowest BCUT2D eigenvalue weighted by Gasteiger charge is -2.08. The van der Waals surface area contributed by atoms with Gasteiger partial charge in [0.15, 0.2) is 0 Å². The van der Waals surface area contributed by atoms with Crippen LogP contribution in [0.2, 0.25) is 0 Å². The SMILES string of the molecule is CC(C)CNC(=O)CNS(=O)(=O)c1ccc(C(=O)O)o1. The number of sulfonamides is 1. The number of hydrogen-bond acceptors (Lipinski definition) is 5. The molecule has 9 heteroatoms. The van der Waals surface area contributed by atoms with Crippen LogP contribution < -0.4 is 10.0 Å². The molecule has 0 aliphatic heterocycles. The minimum Gasteiger partial charge on any atom is -0.475 e. The maximum Gasteiger partial charge on any atom is 0.371 e. The molecule has 0 aliphatic carbocycles. The van der Waals surface area contributed by atoms with E-state index in [0.29, 0.717) is 6.54 Å². The van der Waals surface area contributed by atoms with E-state index in [-0.39, 0.29) is 5.92 Å². The Balaban J connectivity index is 2.61. The fraction of sp³-hybridized carbons (Fsp3) is 0.455. The van der Waals surface area contributed by atoms with Crippen molar-refractivity contribution < 1.29 is 27.5 Å². The molecule has 1 rings (SSSR count). The molecule has 1 aromatic rings. The van der Waals surface area contributed by atoms with Gasteiger partial charge in [0, 0.05) is 6.54 Å².